The maximum atomic E-state index is 12.3. The summed E-state index contributed by atoms with van der Waals surface area (Å²) in [5, 5.41) is 13.1. The van der Waals surface area contributed by atoms with E-state index in [9.17, 15) is 9.90 Å². The fourth-order valence-electron chi connectivity index (χ4n) is 3.84. The van der Waals surface area contributed by atoms with E-state index in [0.29, 0.717) is 11.8 Å². The van der Waals surface area contributed by atoms with Crippen molar-refractivity contribution in [3.05, 3.63) is 0 Å². The van der Waals surface area contributed by atoms with Crippen molar-refractivity contribution in [2.75, 3.05) is 59.4 Å². The van der Waals surface area contributed by atoms with Gasteiger partial charge in [-0.2, -0.15) is 0 Å². The Bertz CT molecular complexity index is 470. The zero-order valence-electron chi connectivity index (χ0n) is 15.9. The van der Waals surface area contributed by atoms with E-state index in [1.54, 1.807) is 0 Å². The van der Waals surface area contributed by atoms with Crippen LogP contribution in [0.1, 0.15) is 32.1 Å². The van der Waals surface area contributed by atoms with Gasteiger partial charge in [0.15, 0.2) is 5.96 Å². The average molecular weight is 479 g/mol. The highest BCUT2D eigenvalue weighted by Crippen LogP contribution is 2.28. The summed E-state index contributed by atoms with van der Waals surface area (Å²) in [5.74, 6) is 1.64. The van der Waals surface area contributed by atoms with E-state index in [2.05, 4.69) is 25.0 Å². The quantitative estimate of drug-likeness (QED) is 0.351. The van der Waals surface area contributed by atoms with E-state index in [-0.39, 0.29) is 30.1 Å². The number of halogens is 1. The first-order valence-electron chi connectivity index (χ1n) is 9.82. The second-order valence-corrected chi connectivity index (χ2v) is 7.49. The third kappa shape index (κ3) is 5.69. The lowest BCUT2D eigenvalue weighted by Gasteiger charge is -2.38. The summed E-state index contributed by atoms with van der Waals surface area (Å²) in [6, 6.07) is 0. The Labute approximate surface area is 174 Å². The lowest BCUT2D eigenvalue weighted by Crippen LogP contribution is -2.53. The molecule has 1 aliphatic carbocycles. The van der Waals surface area contributed by atoms with Gasteiger partial charge < -0.3 is 20.2 Å². The van der Waals surface area contributed by atoms with Crippen LogP contribution in [-0.4, -0.2) is 97.2 Å². The average Bonchev–Trinajstić information content (AvgIpc) is 2.59. The van der Waals surface area contributed by atoms with Gasteiger partial charge in [-0.1, -0.05) is 6.42 Å². The van der Waals surface area contributed by atoms with Crippen molar-refractivity contribution in [1.29, 1.82) is 0 Å². The number of amides is 1. The second-order valence-electron chi connectivity index (χ2n) is 7.49. The number of hydrogen-bond donors (Lipinski definition) is 2. The highest BCUT2D eigenvalue weighted by molar-refractivity contribution is 14.0. The summed E-state index contributed by atoms with van der Waals surface area (Å²) in [6.45, 7) is 7.24. The van der Waals surface area contributed by atoms with Gasteiger partial charge in [0.2, 0.25) is 5.91 Å². The Balaban J connectivity index is 0.00000243. The van der Waals surface area contributed by atoms with Gasteiger partial charge in [-0.05, 0) is 25.7 Å². The zero-order valence-corrected chi connectivity index (χ0v) is 18.2. The number of carbonyl (C=O) groups excluding carboxylic acids is 1. The van der Waals surface area contributed by atoms with E-state index in [0.717, 1.165) is 84.0 Å². The molecule has 2 aliphatic heterocycles. The minimum absolute atomic E-state index is 0. The van der Waals surface area contributed by atoms with E-state index >= 15 is 0 Å². The Morgan fingerprint density at radius 2 is 1.69 bits per heavy atom. The summed E-state index contributed by atoms with van der Waals surface area (Å²) in [4.78, 5) is 23.4. The van der Waals surface area contributed by atoms with Crippen LogP contribution >= 0.6 is 24.0 Å². The summed E-state index contributed by atoms with van der Waals surface area (Å²) in [6.07, 6.45) is 4.88. The lowest BCUT2D eigenvalue weighted by molar-refractivity contribution is -0.139. The van der Waals surface area contributed by atoms with Crippen molar-refractivity contribution in [1.82, 2.24) is 20.0 Å². The monoisotopic (exact) mass is 479 g/mol. The third-order valence-corrected chi connectivity index (χ3v) is 5.83. The standard InChI is InChI=1S/C18H33N5O2.HI/c1-19-18(23-8-5-16(24)6-9-23)20-7-10-21-11-13-22(14-12-21)17(25)15-3-2-4-15;/h15-16,24H,2-14H2,1H3,(H,19,20);1H. The van der Waals surface area contributed by atoms with Crippen LogP contribution in [0.4, 0.5) is 0 Å². The van der Waals surface area contributed by atoms with Crippen LogP contribution in [0.25, 0.3) is 0 Å². The molecule has 3 rings (SSSR count). The Kier molecular flexibility index (Phi) is 8.89. The van der Waals surface area contributed by atoms with Gasteiger partial charge in [-0.15, -0.1) is 24.0 Å². The van der Waals surface area contributed by atoms with Gasteiger partial charge in [0.1, 0.15) is 0 Å². The van der Waals surface area contributed by atoms with Crippen LogP contribution in [0.15, 0.2) is 4.99 Å². The predicted molar refractivity (Wildman–Crippen MR) is 114 cm³/mol. The van der Waals surface area contributed by atoms with Gasteiger partial charge >= 0.3 is 0 Å². The summed E-state index contributed by atoms with van der Waals surface area (Å²) < 4.78 is 0. The number of nitrogens with one attached hydrogen (secondary N) is 1. The SMILES string of the molecule is CN=C(NCCN1CCN(C(=O)C2CCC2)CC1)N1CCC(O)CC1.I. The summed E-state index contributed by atoms with van der Waals surface area (Å²) in [5.41, 5.74) is 0. The first kappa shape index (κ1) is 21.7. The smallest absolute Gasteiger partial charge is 0.225 e. The van der Waals surface area contributed by atoms with Crippen molar-refractivity contribution < 1.29 is 9.90 Å². The number of aliphatic imine (C=N–C) groups is 1. The van der Waals surface area contributed by atoms with Crippen LogP contribution in [0.2, 0.25) is 0 Å². The van der Waals surface area contributed by atoms with E-state index in [4.69, 9.17) is 0 Å². The molecule has 3 aliphatic rings. The molecule has 26 heavy (non-hydrogen) atoms. The molecule has 2 heterocycles. The highest BCUT2D eigenvalue weighted by atomic mass is 127. The normalized spacial score (nSPS) is 23.4. The van der Waals surface area contributed by atoms with Crippen LogP contribution < -0.4 is 5.32 Å². The number of aliphatic hydroxyl groups excluding tert-OH is 1. The molecule has 150 valence electrons. The van der Waals surface area contributed by atoms with Gasteiger partial charge in [0.25, 0.3) is 0 Å². The summed E-state index contributed by atoms with van der Waals surface area (Å²) in [7, 11) is 1.82. The molecule has 0 aromatic heterocycles. The molecule has 0 aromatic carbocycles. The number of hydrogen-bond acceptors (Lipinski definition) is 4. The molecule has 1 saturated carbocycles. The van der Waals surface area contributed by atoms with Crippen LogP contribution in [0, 0.1) is 5.92 Å². The predicted octanol–water partition coefficient (Wildman–Crippen LogP) is 0.581. The molecular formula is C18H34IN5O2. The number of carbonyl (C=O) groups is 1. The second kappa shape index (κ2) is 10.7. The largest absolute Gasteiger partial charge is 0.393 e. The molecule has 7 nitrogen and oxygen atoms in total. The van der Waals surface area contributed by atoms with E-state index in [1.165, 1.54) is 6.42 Å². The molecular weight excluding hydrogens is 445 g/mol. The fourth-order valence-corrected chi connectivity index (χ4v) is 3.84. The number of piperidine rings is 1. The number of likely N-dealkylation sites (tertiary alicyclic amines) is 1. The van der Waals surface area contributed by atoms with E-state index < -0.39 is 0 Å². The van der Waals surface area contributed by atoms with Crippen molar-refractivity contribution in [2.24, 2.45) is 10.9 Å². The first-order valence-corrected chi connectivity index (χ1v) is 9.82. The Hall–Kier alpha value is -0.610. The zero-order chi connectivity index (χ0) is 17.6. The Morgan fingerprint density at radius 1 is 1.04 bits per heavy atom. The Morgan fingerprint density at radius 3 is 2.23 bits per heavy atom. The number of piperazine rings is 1. The third-order valence-electron chi connectivity index (χ3n) is 5.83. The van der Waals surface area contributed by atoms with Crippen molar-refractivity contribution >= 4 is 35.8 Å². The van der Waals surface area contributed by atoms with Gasteiger partial charge in [0.05, 0.1) is 6.10 Å². The fraction of sp³-hybridized carbons (Fsp3) is 0.889. The number of rotatable bonds is 4. The summed E-state index contributed by atoms with van der Waals surface area (Å²) >= 11 is 0. The maximum Gasteiger partial charge on any atom is 0.225 e. The number of guanidine groups is 1. The van der Waals surface area contributed by atoms with Gasteiger partial charge in [0, 0.05) is 65.3 Å². The molecule has 0 aromatic rings. The van der Waals surface area contributed by atoms with Crippen molar-refractivity contribution in [3.63, 3.8) is 0 Å². The molecule has 0 bridgehead atoms. The highest BCUT2D eigenvalue weighted by Gasteiger charge is 2.31. The maximum absolute atomic E-state index is 12.3. The molecule has 0 spiro atoms. The van der Waals surface area contributed by atoms with Crippen molar-refractivity contribution in [3.8, 4) is 0 Å². The van der Waals surface area contributed by atoms with Crippen LogP contribution in [0.5, 0.6) is 0 Å². The lowest BCUT2D eigenvalue weighted by atomic mass is 9.84. The molecule has 3 fully saturated rings. The van der Waals surface area contributed by atoms with Gasteiger partial charge in [-0.3, -0.25) is 14.7 Å². The number of aliphatic hydroxyl groups is 1. The topological polar surface area (TPSA) is 71.4 Å². The first-order chi connectivity index (χ1) is 12.2. The molecule has 0 radical (unpaired) electrons. The molecule has 0 atom stereocenters. The minimum atomic E-state index is -0.159. The van der Waals surface area contributed by atoms with Gasteiger partial charge in [-0.25, -0.2) is 0 Å². The molecule has 2 N–H and O–H groups in total. The molecule has 1 amide bonds. The van der Waals surface area contributed by atoms with Crippen molar-refractivity contribution in [2.45, 2.75) is 38.2 Å². The van der Waals surface area contributed by atoms with Crippen LogP contribution in [-0.2, 0) is 4.79 Å². The minimum Gasteiger partial charge on any atom is -0.393 e. The number of nitrogens with zero attached hydrogens (tertiary/aromatic N) is 4. The molecule has 8 heteroatoms. The van der Waals surface area contributed by atoms with Crippen LogP contribution in [0.3, 0.4) is 0 Å². The molecule has 0 unspecified atom stereocenters. The molecule has 2 saturated heterocycles. The van der Waals surface area contributed by atoms with E-state index in [1.807, 2.05) is 7.05 Å².